The number of allylic oxidation sites excluding steroid dienone is 12. The van der Waals surface area contributed by atoms with Gasteiger partial charge in [-0.1, -0.05) is 142 Å². The largest absolute Gasteiger partial charge is 0.455 e. The highest BCUT2D eigenvalue weighted by Gasteiger charge is 2.78. The van der Waals surface area contributed by atoms with Gasteiger partial charge in [0.05, 0.1) is 29.6 Å². The number of rotatable bonds is 23. The van der Waals surface area contributed by atoms with E-state index in [4.69, 9.17) is 28.4 Å². The number of carbonyl (C=O) groups excluding carboxylic acids is 6. The van der Waals surface area contributed by atoms with Gasteiger partial charge in [-0.3, -0.25) is 14.4 Å². The molecule has 2 aromatic rings. The second-order valence-corrected chi connectivity index (χ2v) is 23.0. The molecule has 3 fully saturated rings. The molecule has 16 nitrogen and oxygen atoms in total. The Labute approximate surface area is 477 Å². The number of hydrogen-bond donors (Lipinski definition) is 4. The highest BCUT2D eigenvalue weighted by molar-refractivity contribution is 5.94. The van der Waals surface area contributed by atoms with E-state index in [-0.39, 0.29) is 42.6 Å². The molecule has 1 saturated heterocycles. The minimum absolute atomic E-state index is 0.0639. The summed E-state index contributed by atoms with van der Waals surface area (Å²) in [5.74, 6) is -6.23. The van der Waals surface area contributed by atoms with Crippen molar-refractivity contribution in [2.75, 3.05) is 6.61 Å². The van der Waals surface area contributed by atoms with Crippen molar-refractivity contribution < 1.29 is 72.5 Å². The number of esters is 4. The van der Waals surface area contributed by atoms with Gasteiger partial charge in [-0.2, -0.15) is 0 Å². The SMILES string of the molecule is CC/C=C\C/C=C\C/C=C\C/C=C\C/C=C\C/C=C\CCC(=O)O[C@@H](C(=O)O[C@H]1C[C@@]2(O)[C@@H](OC(=O)c3ccccc3)C3[C@](C)(C(=O)[C@H](O)C(=C1C)C2(C)C)[C@@H](O)C[C@H]1OC[C@@]31OC(C)=O)[C@@H](NC(=O)OC(C)(C)C)c1ccccc1. The fourth-order valence-corrected chi connectivity index (χ4v) is 11.7. The average Bonchev–Trinajstić information content (AvgIpc) is 1.11. The second kappa shape index (κ2) is 27.8. The Balaban J connectivity index is 1.30. The molecule has 2 bridgehead atoms. The van der Waals surface area contributed by atoms with Crippen molar-refractivity contribution in [1.82, 2.24) is 5.32 Å². The Bertz CT molecular complexity index is 2750. The number of carbonyl (C=O) groups is 6. The van der Waals surface area contributed by atoms with Crippen LogP contribution in [0, 0.1) is 16.7 Å². The van der Waals surface area contributed by atoms with Gasteiger partial charge in [-0.05, 0) is 108 Å². The Morgan fingerprint density at radius 3 is 1.85 bits per heavy atom. The molecule has 0 aromatic heterocycles. The number of hydrogen-bond acceptors (Lipinski definition) is 15. The van der Waals surface area contributed by atoms with E-state index < -0.39 is 118 Å². The van der Waals surface area contributed by atoms with Crippen LogP contribution in [0.25, 0.3) is 0 Å². The lowest BCUT2D eigenvalue weighted by molar-refractivity contribution is -0.346. The molecule has 1 amide bonds. The lowest BCUT2D eigenvalue weighted by Gasteiger charge is -2.67. The minimum Gasteiger partial charge on any atom is -0.455 e. The normalized spacial score (nSPS) is 28.0. The van der Waals surface area contributed by atoms with Gasteiger partial charge in [0.15, 0.2) is 11.4 Å². The molecule has 6 rings (SSSR count). The molecular formula is C65H83NO15. The number of fused-ring (bicyclic) bond motifs is 5. The number of nitrogens with one attached hydrogen (secondary N) is 1. The van der Waals surface area contributed by atoms with Crippen molar-refractivity contribution in [3.63, 3.8) is 0 Å². The van der Waals surface area contributed by atoms with Gasteiger partial charge < -0.3 is 49.1 Å². The summed E-state index contributed by atoms with van der Waals surface area (Å²) in [5, 5.41) is 41.1. The first kappa shape index (κ1) is 63.5. The van der Waals surface area contributed by atoms with E-state index >= 15 is 9.59 Å². The zero-order valence-corrected chi connectivity index (χ0v) is 48.3. The molecule has 1 heterocycles. The summed E-state index contributed by atoms with van der Waals surface area (Å²) < 4.78 is 36.5. The fraction of sp³-hybridized carbons (Fsp3) is 0.508. The van der Waals surface area contributed by atoms with Crippen molar-refractivity contribution in [3.8, 4) is 0 Å². The van der Waals surface area contributed by atoms with Crippen LogP contribution >= 0.6 is 0 Å². The summed E-state index contributed by atoms with van der Waals surface area (Å²) in [6.45, 7) is 14.0. The number of aliphatic hydroxyl groups excluding tert-OH is 2. The number of amides is 1. The van der Waals surface area contributed by atoms with Crippen LogP contribution in [0.1, 0.15) is 148 Å². The standard InChI is InChI=1S/C65H83NO15/c1-10-11-12-13-14-15-16-17-18-19-20-21-22-23-24-25-26-27-34-39-50(69)78-54(52(45-35-30-28-31-36-45)66-60(74)81-61(4,5)6)59(73)77-47-41-65(75)57(79-58(72)46-37-32-29-33-38-46)55-63(9,56(71)53(70)51(43(47)2)62(65,7)8)48(68)40-49-64(55,42-76-49)80-44(3)67/h11-12,14-15,17-18,20-21,23-24,26-33,35-38,47-49,52-55,57,68,70,75H,10,13,16,19,22,25,34,39-42H2,1-9H3,(H,66,74)/b12-11-,15-14-,18-17-,21-20-,24-23-,27-26-/t47-,48-,49+,52-,53+,54+,55?,57-,63+,64-,65+/m0/s1. The summed E-state index contributed by atoms with van der Waals surface area (Å²) in [7, 11) is 0. The molecule has 0 radical (unpaired) electrons. The first-order valence-electron chi connectivity index (χ1n) is 28.2. The zero-order chi connectivity index (χ0) is 59.2. The predicted molar refractivity (Wildman–Crippen MR) is 305 cm³/mol. The van der Waals surface area contributed by atoms with Gasteiger partial charge in [0.2, 0.25) is 6.10 Å². The predicted octanol–water partition coefficient (Wildman–Crippen LogP) is 10.3. The maximum atomic E-state index is 15.3. The first-order chi connectivity index (χ1) is 38.4. The molecule has 4 aliphatic rings. The summed E-state index contributed by atoms with van der Waals surface area (Å²) >= 11 is 0. The van der Waals surface area contributed by atoms with Crippen molar-refractivity contribution >= 4 is 35.8 Å². The second-order valence-electron chi connectivity index (χ2n) is 23.0. The lowest BCUT2D eigenvalue weighted by Crippen LogP contribution is -2.81. The monoisotopic (exact) mass is 1120 g/mol. The van der Waals surface area contributed by atoms with Gasteiger partial charge in [0.25, 0.3) is 0 Å². The van der Waals surface area contributed by atoms with E-state index in [0.717, 1.165) is 39.0 Å². The molecule has 16 heteroatoms. The van der Waals surface area contributed by atoms with Gasteiger partial charge in [0, 0.05) is 31.6 Å². The van der Waals surface area contributed by atoms with Gasteiger partial charge >= 0.3 is 30.0 Å². The van der Waals surface area contributed by atoms with E-state index in [9.17, 15) is 34.5 Å². The molecule has 0 spiro atoms. The molecule has 3 aliphatic carbocycles. The van der Waals surface area contributed by atoms with E-state index in [1.807, 2.05) is 18.2 Å². The number of ketones is 1. The van der Waals surface area contributed by atoms with Crippen molar-refractivity contribution in [3.05, 3.63) is 156 Å². The third kappa shape index (κ3) is 14.9. The van der Waals surface area contributed by atoms with Crippen LogP contribution in [-0.2, 0) is 47.6 Å². The van der Waals surface area contributed by atoms with Crippen LogP contribution in [0.2, 0.25) is 0 Å². The summed E-state index contributed by atoms with van der Waals surface area (Å²) in [6.07, 6.45) is 18.4. The van der Waals surface area contributed by atoms with Gasteiger partial charge in [0.1, 0.15) is 41.7 Å². The molecule has 1 aliphatic heterocycles. The van der Waals surface area contributed by atoms with Crippen LogP contribution in [0.15, 0.2) is 145 Å². The average molecular weight is 1120 g/mol. The molecule has 438 valence electrons. The molecular weight excluding hydrogens is 1030 g/mol. The number of aliphatic hydroxyl groups is 3. The maximum Gasteiger partial charge on any atom is 0.408 e. The molecule has 11 atom stereocenters. The van der Waals surface area contributed by atoms with Crippen molar-refractivity contribution in [2.45, 2.75) is 186 Å². The highest BCUT2D eigenvalue weighted by atomic mass is 16.6. The number of Topliss-reactive ketones (excluding diaryl/α,β-unsaturated/α-hetero) is 1. The smallest absolute Gasteiger partial charge is 0.408 e. The van der Waals surface area contributed by atoms with Crippen molar-refractivity contribution in [1.29, 1.82) is 0 Å². The van der Waals surface area contributed by atoms with Gasteiger partial charge in [-0.15, -0.1) is 0 Å². The fourth-order valence-electron chi connectivity index (χ4n) is 11.7. The van der Waals surface area contributed by atoms with Crippen LogP contribution in [0.5, 0.6) is 0 Å². The molecule has 81 heavy (non-hydrogen) atoms. The summed E-state index contributed by atoms with van der Waals surface area (Å²) in [5.41, 5.74) is -8.49. The first-order valence-corrected chi connectivity index (χ1v) is 28.2. The van der Waals surface area contributed by atoms with E-state index in [2.05, 4.69) is 66.9 Å². The van der Waals surface area contributed by atoms with Crippen LogP contribution < -0.4 is 5.32 Å². The third-order valence-corrected chi connectivity index (χ3v) is 15.9. The van der Waals surface area contributed by atoms with Gasteiger partial charge in [-0.25, -0.2) is 14.4 Å². The Kier molecular flexibility index (Phi) is 21.8. The molecule has 1 unspecified atom stereocenters. The molecule has 2 saturated carbocycles. The molecule has 4 N–H and O–H groups in total. The summed E-state index contributed by atoms with van der Waals surface area (Å²) in [6, 6.07) is 14.7. The van der Waals surface area contributed by atoms with E-state index in [0.29, 0.717) is 12.0 Å². The number of benzene rings is 2. The molecule has 2 aromatic carbocycles. The Hall–Kier alpha value is -6.72. The van der Waals surface area contributed by atoms with Crippen molar-refractivity contribution in [2.24, 2.45) is 16.7 Å². The highest BCUT2D eigenvalue weighted by Crippen LogP contribution is 2.64. The van der Waals surface area contributed by atoms with Crippen LogP contribution in [0.3, 0.4) is 0 Å². The number of alkyl carbamates (subject to hydrolysis) is 1. The Morgan fingerprint density at radius 2 is 1.33 bits per heavy atom. The van der Waals surface area contributed by atoms with E-state index in [1.54, 1.807) is 83.1 Å². The Morgan fingerprint density at radius 1 is 0.790 bits per heavy atom. The lowest BCUT2D eigenvalue weighted by atomic mass is 9.44. The van der Waals surface area contributed by atoms with Crippen LogP contribution in [0.4, 0.5) is 4.79 Å². The summed E-state index contributed by atoms with van der Waals surface area (Å²) in [4.78, 5) is 85.6. The van der Waals surface area contributed by atoms with E-state index in [1.165, 1.54) is 26.0 Å². The van der Waals surface area contributed by atoms with Crippen LogP contribution in [-0.4, -0.2) is 111 Å². The maximum absolute atomic E-state index is 15.3. The number of ether oxygens (including phenoxy) is 6. The zero-order valence-electron chi connectivity index (χ0n) is 48.3. The topological polar surface area (TPSA) is 231 Å². The minimum atomic E-state index is -2.42. The quantitative estimate of drug-likeness (QED) is 0.0461. The third-order valence-electron chi connectivity index (χ3n) is 15.9.